The summed E-state index contributed by atoms with van der Waals surface area (Å²) in [6, 6.07) is 15.2. The Bertz CT molecular complexity index is 845. The highest BCUT2D eigenvalue weighted by Gasteiger charge is 2.27. The van der Waals surface area contributed by atoms with Crippen molar-refractivity contribution in [3.05, 3.63) is 70.2 Å². The molecule has 2 unspecified atom stereocenters. The molecule has 29 heavy (non-hydrogen) atoms. The first-order chi connectivity index (χ1) is 13.9. The Hall–Kier alpha value is -2.87. The van der Waals surface area contributed by atoms with Gasteiger partial charge < -0.3 is 10.1 Å². The molecule has 7 nitrogen and oxygen atoms in total. The van der Waals surface area contributed by atoms with Crippen molar-refractivity contribution in [3.63, 3.8) is 0 Å². The van der Waals surface area contributed by atoms with Crippen molar-refractivity contribution in [2.75, 3.05) is 0 Å². The fraction of sp³-hybridized carbons (Fsp3) is 0.286. The predicted octanol–water partition coefficient (Wildman–Crippen LogP) is 3.55. The molecule has 2 atom stereocenters. The van der Waals surface area contributed by atoms with Gasteiger partial charge in [-0.3, -0.25) is 20.4 Å². The van der Waals surface area contributed by atoms with Crippen molar-refractivity contribution < 1.29 is 19.1 Å². The van der Waals surface area contributed by atoms with E-state index in [9.17, 15) is 14.4 Å². The van der Waals surface area contributed by atoms with Crippen LogP contribution in [-0.4, -0.2) is 23.9 Å². The van der Waals surface area contributed by atoms with Gasteiger partial charge in [0.1, 0.15) is 12.6 Å². The Kier molecular flexibility index (Phi) is 8.67. The Morgan fingerprint density at radius 1 is 1.00 bits per heavy atom. The van der Waals surface area contributed by atoms with E-state index in [0.717, 1.165) is 5.56 Å². The van der Waals surface area contributed by atoms with Crippen LogP contribution in [-0.2, 0) is 16.1 Å². The van der Waals surface area contributed by atoms with Crippen molar-refractivity contribution in [2.45, 2.75) is 32.9 Å². The van der Waals surface area contributed by atoms with Gasteiger partial charge in [-0.1, -0.05) is 62.7 Å². The lowest BCUT2D eigenvalue weighted by molar-refractivity contribution is -0.125. The summed E-state index contributed by atoms with van der Waals surface area (Å²) in [7, 11) is 0. The van der Waals surface area contributed by atoms with E-state index < -0.39 is 23.9 Å². The summed E-state index contributed by atoms with van der Waals surface area (Å²) < 4.78 is 5.79. The molecule has 2 rings (SSSR count). The number of carbonyl (C=O) groups excluding carboxylic acids is 3. The van der Waals surface area contributed by atoms with Gasteiger partial charge in [0, 0.05) is 4.47 Å². The average Bonchev–Trinajstić information content (AvgIpc) is 2.74. The van der Waals surface area contributed by atoms with E-state index >= 15 is 0 Å². The van der Waals surface area contributed by atoms with E-state index in [-0.39, 0.29) is 12.5 Å². The molecule has 0 spiro atoms. The predicted molar refractivity (Wildman–Crippen MR) is 113 cm³/mol. The van der Waals surface area contributed by atoms with Crippen LogP contribution in [0.4, 0.5) is 4.79 Å². The van der Waals surface area contributed by atoms with E-state index in [1.807, 2.05) is 44.2 Å². The minimum absolute atomic E-state index is 0.0975. The zero-order chi connectivity index (χ0) is 21.2. The molecule has 0 heterocycles. The van der Waals surface area contributed by atoms with Crippen LogP contribution in [0.2, 0.25) is 0 Å². The largest absolute Gasteiger partial charge is 0.445 e. The molecule has 2 aromatic carbocycles. The molecular formula is C21H24BrN3O4. The number of benzene rings is 2. The maximum absolute atomic E-state index is 12.6. The SMILES string of the molecule is CCC(C)C(NC(=O)OCc1ccccc1)C(=O)NNC(=O)c1ccccc1Br. The van der Waals surface area contributed by atoms with Gasteiger partial charge in [0.25, 0.3) is 11.8 Å². The smallest absolute Gasteiger partial charge is 0.408 e. The quantitative estimate of drug-likeness (QED) is 0.549. The van der Waals surface area contributed by atoms with Gasteiger partial charge in [0.15, 0.2) is 0 Å². The molecule has 0 saturated carbocycles. The summed E-state index contributed by atoms with van der Waals surface area (Å²) in [6.07, 6.45) is -0.0543. The molecule has 0 aliphatic heterocycles. The van der Waals surface area contributed by atoms with Crippen molar-refractivity contribution in [1.82, 2.24) is 16.2 Å². The van der Waals surface area contributed by atoms with Crippen LogP contribution in [0.5, 0.6) is 0 Å². The third-order valence-electron chi connectivity index (χ3n) is 4.40. The fourth-order valence-electron chi connectivity index (χ4n) is 2.50. The van der Waals surface area contributed by atoms with Crippen LogP contribution in [0.3, 0.4) is 0 Å². The third kappa shape index (κ3) is 6.90. The number of ether oxygens (including phenoxy) is 1. The normalized spacial score (nSPS) is 12.4. The van der Waals surface area contributed by atoms with Crippen molar-refractivity contribution in [2.24, 2.45) is 5.92 Å². The van der Waals surface area contributed by atoms with E-state index in [0.29, 0.717) is 16.5 Å². The fourth-order valence-corrected chi connectivity index (χ4v) is 2.97. The number of alkyl carbamates (subject to hydrolysis) is 1. The first-order valence-corrected chi connectivity index (χ1v) is 10.0. The van der Waals surface area contributed by atoms with Crippen molar-refractivity contribution in [3.8, 4) is 0 Å². The highest BCUT2D eigenvalue weighted by atomic mass is 79.9. The number of nitrogens with one attached hydrogen (secondary N) is 3. The first-order valence-electron chi connectivity index (χ1n) is 9.24. The highest BCUT2D eigenvalue weighted by molar-refractivity contribution is 9.10. The van der Waals surface area contributed by atoms with Gasteiger partial charge in [-0.25, -0.2) is 4.79 Å². The molecule has 0 aromatic heterocycles. The second-order valence-electron chi connectivity index (χ2n) is 6.49. The van der Waals surface area contributed by atoms with Gasteiger partial charge >= 0.3 is 6.09 Å². The maximum atomic E-state index is 12.6. The minimum Gasteiger partial charge on any atom is -0.445 e. The molecule has 0 fully saturated rings. The lowest BCUT2D eigenvalue weighted by atomic mass is 9.99. The number of amides is 3. The van der Waals surface area contributed by atoms with E-state index in [4.69, 9.17) is 4.74 Å². The lowest BCUT2D eigenvalue weighted by Crippen LogP contribution is -2.54. The highest BCUT2D eigenvalue weighted by Crippen LogP contribution is 2.15. The molecule has 3 N–H and O–H groups in total. The molecule has 0 radical (unpaired) electrons. The van der Waals surface area contributed by atoms with E-state index in [1.165, 1.54) is 0 Å². The topological polar surface area (TPSA) is 96.5 Å². The monoisotopic (exact) mass is 461 g/mol. The summed E-state index contributed by atoms with van der Waals surface area (Å²) in [5.74, 6) is -1.17. The lowest BCUT2D eigenvalue weighted by Gasteiger charge is -2.23. The van der Waals surface area contributed by atoms with E-state index in [1.54, 1.807) is 24.3 Å². The van der Waals surface area contributed by atoms with Crippen molar-refractivity contribution >= 4 is 33.8 Å². The van der Waals surface area contributed by atoms with Crippen LogP contribution < -0.4 is 16.2 Å². The number of hydrogen-bond acceptors (Lipinski definition) is 4. The number of rotatable bonds is 7. The molecule has 2 aromatic rings. The van der Waals surface area contributed by atoms with Crippen molar-refractivity contribution in [1.29, 1.82) is 0 Å². The number of hydrogen-bond donors (Lipinski definition) is 3. The van der Waals surface area contributed by atoms with Gasteiger partial charge in [0.2, 0.25) is 0 Å². The van der Waals surface area contributed by atoms with Crippen LogP contribution >= 0.6 is 15.9 Å². The van der Waals surface area contributed by atoms with Crippen LogP contribution in [0.25, 0.3) is 0 Å². The molecule has 0 saturated heterocycles. The van der Waals surface area contributed by atoms with Gasteiger partial charge in [0.05, 0.1) is 5.56 Å². The number of halogens is 1. The molecular weight excluding hydrogens is 438 g/mol. The summed E-state index contributed by atoms with van der Waals surface area (Å²) in [5, 5.41) is 2.58. The average molecular weight is 462 g/mol. The third-order valence-corrected chi connectivity index (χ3v) is 5.09. The first kappa shape index (κ1) is 22.4. The molecule has 154 valence electrons. The molecule has 0 aliphatic rings. The zero-order valence-corrected chi connectivity index (χ0v) is 17.9. The minimum atomic E-state index is -0.859. The Labute approximate surface area is 178 Å². The summed E-state index contributed by atoms with van der Waals surface area (Å²) in [6.45, 7) is 3.83. The second-order valence-corrected chi connectivity index (χ2v) is 7.35. The summed E-state index contributed by atoms with van der Waals surface area (Å²) >= 11 is 3.29. The molecule has 0 bridgehead atoms. The summed E-state index contributed by atoms with van der Waals surface area (Å²) in [5.41, 5.74) is 5.96. The van der Waals surface area contributed by atoms with Crippen LogP contribution in [0.1, 0.15) is 36.2 Å². The van der Waals surface area contributed by atoms with Gasteiger partial charge in [-0.05, 0) is 39.5 Å². The summed E-state index contributed by atoms with van der Waals surface area (Å²) in [4.78, 5) is 37.0. The van der Waals surface area contributed by atoms with Gasteiger partial charge in [-0.15, -0.1) is 0 Å². The number of carbonyl (C=O) groups is 3. The Morgan fingerprint density at radius 3 is 2.31 bits per heavy atom. The van der Waals surface area contributed by atoms with Crippen LogP contribution in [0, 0.1) is 5.92 Å². The Morgan fingerprint density at radius 2 is 1.66 bits per heavy atom. The Balaban J connectivity index is 1.92. The molecule has 0 aliphatic carbocycles. The maximum Gasteiger partial charge on any atom is 0.408 e. The molecule has 8 heteroatoms. The van der Waals surface area contributed by atoms with Crippen LogP contribution in [0.15, 0.2) is 59.1 Å². The van der Waals surface area contributed by atoms with E-state index in [2.05, 4.69) is 32.1 Å². The second kappa shape index (κ2) is 11.2. The number of hydrazine groups is 1. The standard InChI is InChI=1S/C21H24BrN3O4/c1-3-14(2)18(23-21(28)29-13-15-9-5-4-6-10-15)20(27)25-24-19(26)16-11-7-8-12-17(16)22/h4-12,14,18H,3,13H2,1-2H3,(H,23,28)(H,24,26)(H,25,27). The molecule has 3 amide bonds. The zero-order valence-electron chi connectivity index (χ0n) is 16.3. The van der Waals surface area contributed by atoms with Gasteiger partial charge in [-0.2, -0.15) is 0 Å².